The maximum atomic E-state index is 6.16. The number of nitrogens with zero attached hydrogens (tertiary/aromatic N) is 2. The fourth-order valence-electron chi connectivity index (χ4n) is 2.70. The van der Waals surface area contributed by atoms with Crippen molar-refractivity contribution in [3.8, 4) is 5.88 Å². The number of aromatic nitrogens is 2. The van der Waals surface area contributed by atoms with Crippen LogP contribution in [0.1, 0.15) is 58.4 Å². The molecule has 0 spiro atoms. The van der Waals surface area contributed by atoms with Gasteiger partial charge in [-0.15, -0.1) is 0 Å². The third-order valence-corrected chi connectivity index (χ3v) is 4.51. The molecule has 0 aromatic carbocycles. The van der Waals surface area contributed by atoms with Gasteiger partial charge in [-0.2, -0.15) is 0 Å². The first-order chi connectivity index (χ1) is 8.99. The van der Waals surface area contributed by atoms with E-state index >= 15 is 0 Å². The Balaban J connectivity index is 2.13. The molecule has 1 aliphatic rings. The molecule has 3 nitrogen and oxygen atoms in total. The van der Waals surface area contributed by atoms with Gasteiger partial charge in [-0.25, -0.2) is 9.97 Å². The van der Waals surface area contributed by atoms with Gasteiger partial charge in [-0.3, -0.25) is 0 Å². The molecule has 0 amide bonds. The van der Waals surface area contributed by atoms with E-state index in [4.69, 9.17) is 16.3 Å². The quantitative estimate of drug-likeness (QED) is 0.768. The molecule has 3 atom stereocenters. The Morgan fingerprint density at radius 2 is 1.95 bits per heavy atom. The Labute approximate surface area is 120 Å². The maximum Gasteiger partial charge on any atom is 0.221 e. The molecule has 0 aliphatic heterocycles. The van der Waals surface area contributed by atoms with Crippen molar-refractivity contribution < 1.29 is 4.74 Å². The van der Waals surface area contributed by atoms with Crippen LogP contribution in [0.2, 0.25) is 5.15 Å². The molecule has 0 bridgehead atoms. The van der Waals surface area contributed by atoms with E-state index in [0.29, 0.717) is 17.0 Å². The predicted octanol–water partition coefficient (Wildman–Crippen LogP) is 4.46. The molecule has 1 saturated carbocycles. The van der Waals surface area contributed by atoms with Crippen molar-refractivity contribution in [3.63, 3.8) is 0 Å². The van der Waals surface area contributed by atoms with E-state index in [1.165, 1.54) is 12.7 Å². The predicted molar refractivity (Wildman–Crippen MR) is 77.7 cm³/mol. The number of halogens is 1. The van der Waals surface area contributed by atoms with Crippen LogP contribution in [0, 0.1) is 11.8 Å². The van der Waals surface area contributed by atoms with Crippen LogP contribution >= 0.6 is 11.6 Å². The third kappa shape index (κ3) is 3.38. The average molecular weight is 283 g/mol. The molecule has 1 aromatic heterocycles. The second-order valence-electron chi connectivity index (χ2n) is 6.05. The van der Waals surface area contributed by atoms with Gasteiger partial charge in [0.05, 0.1) is 5.56 Å². The third-order valence-electron chi connectivity index (χ3n) is 4.20. The molecule has 0 N–H and O–H groups in total. The maximum absolute atomic E-state index is 6.16. The number of rotatable bonds is 3. The summed E-state index contributed by atoms with van der Waals surface area (Å²) in [5, 5.41) is 0.511. The summed E-state index contributed by atoms with van der Waals surface area (Å²) >= 11 is 6.16. The molecule has 1 heterocycles. The lowest BCUT2D eigenvalue weighted by Gasteiger charge is -2.32. The van der Waals surface area contributed by atoms with Gasteiger partial charge in [-0.1, -0.05) is 39.3 Å². The molecular weight excluding hydrogens is 260 g/mol. The van der Waals surface area contributed by atoms with Crippen LogP contribution in [-0.4, -0.2) is 16.1 Å². The zero-order chi connectivity index (χ0) is 14.0. The highest BCUT2D eigenvalue weighted by atomic mass is 35.5. The monoisotopic (exact) mass is 282 g/mol. The van der Waals surface area contributed by atoms with Gasteiger partial charge in [-0.05, 0) is 37.0 Å². The summed E-state index contributed by atoms with van der Waals surface area (Å²) in [5.41, 5.74) is 0.926. The zero-order valence-corrected chi connectivity index (χ0v) is 12.9. The molecule has 4 heteroatoms. The Morgan fingerprint density at radius 1 is 1.21 bits per heavy atom. The Morgan fingerprint density at radius 3 is 2.58 bits per heavy atom. The van der Waals surface area contributed by atoms with Crippen LogP contribution in [-0.2, 0) is 0 Å². The van der Waals surface area contributed by atoms with Crippen LogP contribution in [0.4, 0.5) is 0 Å². The molecule has 106 valence electrons. The van der Waals surface area contributed by atoms with Crippen molar-refractivity contribution in [3.05, 3.63) is 17.0 Å². The SMILES string of the molecule is CC(C)c1c(Cl)ncnc1OC1CCC(C)C(C)C1. The van der Waals surface area contributed by atoms with Crippen LogP contribution in [0.15, 0.2) is 6.33 Å². The van der Waals surface area contributed by atoms with E-state index in [1.54, 1.807) is 0 Å². The van der Waals surface area contributed by atoms with E-state index in [9.17, 15) is 0 Å². The summed E-state index contributed by atoms with van der Waals surface area (Å²) in [4.78, 5) is 8.34. The molecule has 3 unspecified atom stereocenters. The highest BCUT2D eigenvalue weighted by Gasteiger charge is 2.27. The second kappa shape index (κ2) is 6.08. The van der Waals surface area contributed by atoms with Gasteiger partial charge in [0.1, 0.15) is 17.6 Å². The molecule has 0 radical (unpaired) electrons. The normalized spacial score (nSPS) is 27.6. The number of hydrogen-bond acceptors (Lipinski definition) is 3. The lowest BCUT2D eigenvalue weighted by atomic mass is 9.80. The van der Waals surface area contributed by atoms with Crippen molar-refractivity contribution in [2.24, 2.45) is 11.8 Å². The van der Waals surface area contributed by atoms with E-state index in [0.717, 1.165) is 24.3 Å². The number of ether oxygens (including phenoxy) is 1. The van der Waals surface area contributed by atoms with E-state index in [1.807, 2.05) is 0 Å². The summed E-state index contributed by atoms with van der Waals surface area (Å²) < 4.78 is 6.11. The number of hydrogen-bond donors (Lipinski definition) is 0. The van der Waals surface area contributed by atoms with Gasteiger partial charge >= 0.3 is 0 Å². The van der Waals surface area contributed by atoms with Crippen molar-refractivity contribution in [2.75, 3.05) is 0 Å². The van der Waals surface area contributed by atoms with Gasteiger partial charge in [0.25, 0.3) is 0 Å². The molecule has 19 heavy (non-hydrogen) atoms. The van der Waals surface area contributed by atoms with Crippen LogP contribution < -0.4 is 4.74 Å². The Kier molecular flexibility index (Phi) is 4.67. The molecule has 1 aliphatic carbocycles. The van der Waals surface area contributed by atoms with E-state index in [2.05, 4.69) is 37.7 Å². The van der Waals surface area contributed by atoms with Crippen molar-refractivity contribution in [1.82, 2.24) is 9.97 Å². The molecular formula is C15H23ClN2O. The van der Waals surface area contributed by atoms with E-state index < -0.39 is 0 Å². The molecule has 2 rings (SSSR count). The smallest absolute Gasteiger partial charge is 0.221 e. The van der Waals surface area contributed by atoms with Crippen molar-refractivity contribution in [2.45, 2.75) is 59.0 Å². The summed E-state index contributed by atoms with van der Waals surface area (Å²) in [6, 6.07) is 0. The van der Waals surface area contributed by atoms with Crippen molar-refractivity contribution >= 4 is 11.6 Å². The van der Waals surface area contributed by atoms with Gasteiger partial charge in [0, 0.05) is 0 Å². The standard InChI is InChI=1S/C15H23ClN2O/c1-9(2)13-14(16)17-8-18-15(13)19-12-6-5-10(3)11(4)7-12/h8-12H,5-7H2,1-4H3. The minimum Gasteiger partial charge on any atom is -0.474 e. The Bertz CT molecular complexity index is 436. The first-order valence-electron chi connectivity index (χ1n) is 7.16. The van der Waals surface area contributed by atoms with Gasteiger partial charge < -0.3 is 4.74 Å². The lowest BCUT2D eigenvalue weighted by Crippen LogP contribution is -2.29. The minimum atomic E-state index is 0.259. The average Bonchev–Trinajstić information content (AvgIpc) is 2.33. The van der Waals surface area contributed by atoms with E-state index in [-0.39, 0.29) is 12.0 Å². The molecule has 1 fully saturated rings. The summed E-state index contributed by atoms with van der Waals surface area (Å²) in [6.07, 6.45) is 5.17. The summed E-state index contributed by atoms with van der Waals surface area (Å²) in [5.74, 6) is 2.43. The van der Waals surface area contributed by atoms with Gasteiger partial charge in [0.2, 0.25) is 5.88 Å². The zero-order valence-electron chi connectivity index (χ0n) is 12.2. The second-order valence-corrected chi connectivity index (χ2v) is 6.40. The lowest BCUT2D eigenvalue weighted by molar-refractivity contribution is 0.0950. The highest BCUT2D eigenvalue weighted by Crippen LogP contribution is 2.35. The fraction of sp³-hybridized carbons (Fsp3) is 0.733. The van der Waals surface area contributed by atoms with Crippen molar-refractivity contribution in [1.29, 1.82) is 0 Å². The molecule has 1 aromatic rings. The first-order valence-corrected chi connectivity index (χ1v) is 7.53. The minimum absolute atomic E-state index is 0.259. The van der Waals surface area contributed by atoms with Crippen LogP contribution in [0.5, 0.6) is 5.88 Å². The Hall–Kier alpha value is -0.830. The van der Waals surface area contributed by atoms with Crippen LogP contribution in [0.3, 0.4) is 0 Å². The van der Waals surface area contributed by atoms with Crippen LogP contribution in [0.25, 0.3) is 0 Å². The summed E-state index contributed by atoms with van der Waals surface area (Å²) in [6.45, 7) is 8.80. The highest BCUT2D eigenvalue weighted by molar-refractivity contribution is 6.30. The largest absolute Gasteiger partial charge is 0.474 e. The molecule has 0 saturated heterocycles. The topological polar surface area (TPSA) is 35.0 Å². The van der Waals surface area contributed by atoms with Gasteiger partial charge in [0.15, 0.2) is 0 Å². The first kappa shape index (κ1) is 14.6. The fourth-order valence-corrected chi connectivity index (χ4v) is 3.04. The summed E-state index contributed by atoms with van der Waals surface area (Å²) in [7, 11) is 0.